The van der Waals surface area contributed by atoms with Crippen LogP contribution in [-0.4, -0.2) is 9.97 Å². The molecule has 1 fully saturated rings. The van der Waals surface area contributed by atoms with E-state index in [0.717, 1.165) is 12.2 Å². The Kier molecular flexibility index (Phi) is 4.16. The molecule has 0 radical (unpaired) electrons. The zero-order valence-electron chi connectivity index (χ0n) is 11.9. The number of hydrogen-bond acceptors (Lipinski definition) is 2. The lowest BCUT2D eigenvalue weighted by Crippen LogP contribution is -2.14. The molecule has 2 aromatic rings. The lowest BCUT2D eigenvalue weighted by atomic mass is 9.87. The lowest BCUT2D eigenvalue weighted by Gasteiger charge is -2.19. The Balaban J connectivity index is 1.65. The third-order valence-electron chi connectivity index (χ3n) is 4.33. The van der Waals surface area contributed by atoms with Gasteiger partial charge in [-0.3, -0.25) is 0 Å². The van der Waals surface area contributed by atoms with Crippen LogP contribution in [0.25, 0.3) is 0 Å². The Morgan fingerprint density at radius 1 is 1.15 bits per heavy atom. The second-order valence-electron chi connectivity index (χ2n) is 5.84. The van der Waals surface area contributed by atoms with Crippen LogP contribution in [0.5, 0.6) is 0 Å². The van der Waals surface area contributed by atoms with Crippen LogP contribution < -0.4 is 5.73 Å². The predicted molar refractivity (Wildman–Crippen MR) is 81.5 cm³/mol. The van der Waals surface area contributed by atoms with Crippen LogP contribution in [0.1, 0.15) is 61.1 Å². The SMILES string of the molecule is NC(Cc1ncc(C2CCCCC2)[nH]1)c1ccccc1. The Morgan fingerprint density at radius 2 is 1.90 bits per heavy atom. The number of hydrogen-bond donors (Lipinski definition) is 2. The largest absolute Gasteiger partial charge is 0.346 e. The standard InChI is InChI=1S/C17H23N3/c18-15(13-7-3-1-4-8-13)11-17-19-12-16(20-17)14-9-5-2-6-10-14/h1,3-4,7-8,12,14-15H,2,5-6,9-11,18H2,(H,19,20). The molecule has 106 valence electrons. The highest BCUT2D eigenvalue weighted by molar-refractivity contribution is 5.20. The molecule has 3 N–H and O–H groups in total. The van der Waals surface area contributed by atoms with Gasteiger partial charge in [-0.05, 0) is 18.4 Å². The van der Waals surface area contributed by atoms with Gasteiger partial charge in [-0.25, -0.2) is 4.98 Å². The van der Waals surface area contributed by atoms with E-state index in [-0.39, 0.29) is 6.04 Å². The summed E-state index contributed by atoms with van der Waals surface area (Å²) in [6.45, 7) is 0. The van der Waals surface area contributed by atoms with Crippen molar-refractivity contribution in [2.75, 3.05) is 0 Å². The number of nitrogens with zero attached hydrogens (tertiary/aromatic N) is 1. The van der Waals surface area contributed by atoms with Crippen molar-refractivity contribution < 1.29 is 0 Å². The number of nitrogens with two attached hydrogens (primary N) is 1. The Labute approximate surface area is 120 Å². The van der Waals surface area contributed by atoms with Crippen LogP contribution in [0.4, 0.5) is 0 Å². The first kappa shape index (κ1) is 13.4. The smallest absolute Gasteiger partial charge is 0.108 e. The van der Waals surface area contributed by atoms with Gasteiger partial charge in [0.25, 0.3) is 0 Å². The third kappa shape index (κ3) is 3.10. The van der Waals surface area contributed by atoms with Crippen LogP contribution in [0.3, 0.4) is 0 Å². The summed E-state index contributed by atoms with van der Waals surface area (Å²) in [5.74, 6) is 1.69. The van der Waals surface area contributed by atoms with Gasteiger partial charge in [-0.15, -0.1) is 0 Å². The summed E-state index contributed by atoms with van der Waals surface area (Å²) in [7, 11) is 0. The van der Waals surface area contributed by atoms with Crippen molar-refractivity contribution >= 4 is 0 Å². The third-order valence-corrected chi connectivity index (χ3v) is 4.33. The fraction of sp³-hybridized carbons (Fsp3) is 0.471. The van der Waals surface area contributed by atoms with Crippen LogP contribution in [0.2, 0.25) is 0 Å². The molecule has 0 bridgehead atoms. The molecule has 3 nitrogen and oxygen atoms in total. The van der Waals surface area contributed by atoms with E-state index in [2.05, 4.69) is 22.1 Å². The summed E-state index contributed by atoms with van der Waals surface area (Å²) >= 11 is 0. The fourth-order valence-corrected chi connectivity index (χ4v) is 3.13. The van der Waals surface area contributed by atoms with Crippen molar-refractivity contribution in [3.05, 3.63) is 53.6 Å². The van der Waals surface area contributed by atoms with E-state index >= 15 is 0 Å². The molecule has 1 heterocycles. The minimum absolute atomic E-state index is 0.0153. The Morgan fingerprint density at radius 3 is 2.65 bits per heavy atom. The van der Waals surface area contributed by atoms with Gasteiger partial charge in [0, 0.05) is 30.3 Å². The molecule has 0 saturated heterocycles. The number of imidazole rings is 1. The van der Waals surface area contributed by atoms with Crippen LogP contribution in [0, 0.1) is 0 Å². The highest BCUT2D eigenvalue weighted by Gasteiger charge is 2.18. The molecular formula is C17H23N3. The van der Waals surface area contributed by atoms with Crippen molar-refractivity contribution in [3.8, 4) is 0 Å². The van der Waals surface area contributed by atoms with E-state index in [1.807, 2.05) is 24.4 Å². The predicted octanol–water partition coefficient (Wildman–Crippen LogP) is 3.70. The maximum atomic E-state index is 6.25. The topological polar surface area (TPSA) is 54.7 Å². The van der Waals surface area contributed by atoms with Gasteiger partial charge in [0.15, 0.2) is 0 Å². The second kappa shape index (κ2) is 6.23. The van der Waals surface area contributed by atoms with Crippen molar-refractivity contribution in [1.29, 1.82) is 0 Å². The molecule has 0 spiro atoms. The van der Waals surface area contributed by atoms with E-state index in [1.54, 1.807) is 0 Å². The molecule has 1 atom stereocenters. The molecule has 1 aromatic carbocycles. The molecule has 1 aromatic heterocycles. The molecule has 20 heavy (non-hydrogen) atoms. The summed E-state index contributed by atoms with van der Waals surface area (Å²) in [6, 6.07) is 10.3. The minimum Gasteiger partial charge on any atom is -0.346 e. The average molecular weight is 269 g/mol. The van der Waals surface area contributed by atoms with Gasteiger partial charge < -0.3 is 10.7 Å². The zero-order valence-corrected chi connectivity index (χ0v) is 11.9. The second-order valence-corrected chi connectivity index (χ2v) is 5.84. The number of benzene rings is 1. The summed E-state index contributed by atoms with van der Waals surface area (Å²) in [4.78, 5) is 8.01. The van der Waals surface area contributed by atoms with Crippen LogP contribution in [-0.2, 0) is 6.42 Å². The molecular weight excluding hydrogens is 246 g/mol. The van der Waals surface area contributed by atoms with Crippen molar-refractivity contribution in [2.24, 2.45) is 5.73 Å². The summed E-state index contributed by atoms with van der Waals surface area (Å²) in [5, 5.41) is 0. The summed E-state index contributed by atoms with van der Waals surface area (Å²) in [6.07, 6.45) is 9.47. The average Bonchev–Trinajstić information content (AvgIpc) is 2.97. The van der Waals surface area contributed by atoms with Gasteiger partial charge in [-0.2, -0.15) is 0 Å². The number of nitrogens with one attached hydrogen (secondary N) is 1. The molecule has 0 aliphatic heterocycles. The first-order valence-electron chi connectivity index (χ1n) is 7.67. The summed E-state index contributed by atoms with van der Waals surface area (Å²) < 4.78 is 0. The van der Waals surface area contributed by atoms with Crippen molar-refractivity contribution in [1.82, 2.24) is 9.97 Å². The van der Waals surface area contributed by atoms with E-state index in [9.17, 15) is 0 Å². The van der Waals surface area contributed by atoms with Crippen LogP contribution in [0.15, 0.2) is 36.5 Å². The monoisotopic (exact) mass is 269 g/mol. The highest BCUT2D eigenvalue weighted by Crippen LogP contribution is 2.31. The van der Waals surface area contributed by atoms with Gasteiger partial charge >= 0.3 is 0 Å². The molecule has 1 unspecified atom stereocenters. The van der Waals surface area contributed by atoms with Crippen molar-refractivity contribution in [2.45, 2.75) is 50.5 Å². The quantitative estimate of drug-likeness (QED) is 0.889. The molecule has 1 saturated carbocycles. The van der Waals surface area contributed by atoms with Gasteiger partial charge in [0.05, 0.1) is 0 Å². The van der Waals surface area contributed by atoms with Gasteiger partial charge in [0.1, 0.15) is 5.82 Å². The van der Waals surface area contributed by atoms with Gasteiger partial charge in [-0.1, -0.05) is 49.6 Å². The normalized spacial score (nSPS) is 18.1. The number of rotatable bonds is 4. The molecule has 1 aliphatic rings. The maximum absolute atomic E-state index is 6.25. The van der Waals surface area contributed by atoms with Crippen molar-refractivity contribution in [3.63, 3.8) is 0 Å². The molecule has 0 amide bonds. The summed E-state index contributed by atoms with van der Waals surface area (Å²) in [5.41, 5.74) is 8.73. The maximum Gasteiger partial charge on any atom is 0.108 e. The molecule has 1 aliphatic carbocycles. The van der Waals surface area contributed by atoms with E-state index < -0.39 is 0 Å². The van der Waals surface area contributed by atoms with Gasteiger partial charge in [0.2, 0.25) is 0 Å². The first-order chi connectivity index (χ1) is 9.83. The van der Waals surface area contributed by atoms with Crippen LogP contribution >= 0.6 is 0 Å². The highest BCUT2D eigenvalue weighted by atomic mass is 14.9. The number of aromatic nitrogens is 2. The lowest BCUT2D eigenvalue weighted by molar-refractivity contribution is 0.437. The Bertz CT molecular complexity index is 526. The molecule has 3 rings (SSSR count). The fourth-order valence-electron chi connectivity index (χ4n) is 3.13. The van der Waals surface area contributed by atoms with E-state index in [1.165, 1.54) is 43.4 Å². The first-order valence-corrected chi connectivity index (χ1v) is 7.67. The zero-order chi connectivity index (χ0) is 13.8. The molecule has 3 heteroatoms. The number of H-pyrrole nitrogens is 1. The number of aromatic amines is 1. The minimum atomic E-state index is 0.0153. The van der Waals surface area contributed by atoms with E-state index in [4.69, 9.17) is 5.73 Å². The van der Waals surface area contributed by atoms with E-state index in [0.29, 0.717) is 5.92 Å². The Hall–Kier alpha value is -1.61.